The Morgan fingerprint density at radius 3 is 3.07 bits per heavy atom. The van der Waals surface area contributed by atoms with Crippen molar-refractivity contribution >= 4 is 23.1 Å². The molecule has 0 saturated heterocycles. The summed E-state index contributed by atoms with van der Waals surface area (Å²) in [7, 11) is 0. The van der Waals surface area contributed by atoms with Crippen molar-refractivity contribution in [2.24, 2.45) is 0 Å². The maximum absolute atomic E-state index is 11.7. The zero-order valence-corrected chi connectivity index (χ0v) is 8.77. The van der Waals surface area contributed by atoms with Crippen LogP contribution in [0.5, 0.6) is 0 Å². The first-order valence-corrected chi connectivity index (χ1v) is 5.14. The van der Waals surface area contributed by atoms with Crippen molar-refractivity contribution in [3.63, 3.8) is 0 Å². The molecule has 0 aliphatic carbocycles. The van der Waals surface area contributed by atoms with Crippen LogP contribution in [0.25, 0.3) is 0 Å². The lowest BCUT2D eigenvalue weighted by Crippen LogP contribution is -2.12. The van der Waals surface area contributed by atoms with Gasteiger partial charge in [-0.25, -0.2) is 0 Å². The summed E-state index contributed by atoms with van der Waals surface area (Å²) in [6.07, 6.45) is 1.48. The van der Waals surface area contributed by atoms with Crippen molar-refractivity contribution in [3.8, 4) is 0 Å². The molecule has 1 aliphatic heterocycles. The first kappa shape index (κ1) is 9.53. The molecular formula is C11H12ClNO. The monoisotopic (exact) mass is 209 g/mol. The van der Waals surface area contributed by atoms with Crippen LogP contribution in [0, 0.1) is 0 Å². The van der Waals surface area contributed by atoms with Gasteiger partial charge >= 0.3 is 0 Å². The third-order valence-electron chi connectivity index (χ3n) is 2.49. The van der Waals surface area contributed by atoms with E-state index in [-0.39, 0.29) is 5.78 Å². The molecule has 1 N–H and O–H groups in total. The highest BCUT2D eigenvalue weighted by Gasteiger charge is 2.18. The minimum absolute atomic E-state index is 0.180. The van der Waals surface area contributed by atoms with E-state index in [1.54, 1.807) is 12.1 Å². The largest absolute Gasteiger partial charge is 0.382 e. The van der Waals surface area contributed by atoms with Crippen molar-refractivity contribution in [1.29, 1.82) is 0 Å². The fraction of sp³-hybridized carbons (Fsp3) is 0.364. The number of halogens is 1. The summed E-state index contributed by atoms with van der Waals surface area (Å²) in [5.41, 5.74) is 1.63. The summed E-state index contributed by atoms with van der Waals surface area (Å²) in [5, 5.41) is 3.92. The quantitative estimate of drug-likeness (QED) is 0.712. The van der Waals surface area contributed by atoms with Crippen LogP contribution >= 0.6 is 11.6 Å². The van der Waals surface area contributed by atoms with Crippen molar-refractivity contribution in [1.82, 2.24) is 0 Å². The summed E-state index contributed by atoms with van der Waals surface area (Å²) in [5.74, 6) is 0.180. The lowest BCUT2D eigenvalue weighted by Gasteiger charge is -2.11. The molecule has 2 nitrogen and oxygen atoms in total. The van der Waals surface area contributed by atoms with Crippen LogP contribution < -0.4 is 5.32 Å². The molecule has 74 valence electrons. The molecule has 0 spiro atoms. The topological polar surface area (TPSA) is 29.1 Å². The molecule has 1 aliphatic rings. The van der Waals surface area contributed by atoms with Crippen LogP contribution in [0.2, 0.25) is 5.02 Å². The van der Waals surface area contributed by atoms with Gasteiger partial charge in [-0.1, -0.05) is 11.6 Å². The van der Waals surface area contributed by atoms with Crippen molar-refractivity contribution in [2.75, 3.05) is 5.32 Å². The Morgan fingerprint density at radius 1 is 1.50 bits per heavy atom. The van der Waals surface area contributed by atoms with Gasteiger partial charge in [-0.3, -0.25) is 4.79 Å². The summed E-state index contributed by atoms with van der Waals surface area (Å²) in [4.78, 5) is 11.7. The Hall–Kier alpha value is -1.02. The molecule has 1 unspecified atom stereocenters. The van der Waals surface area contributed by atoms with Crippen LogP contribution in [0.4, 0.5) is 5.69 Å². The van der Waals surface area contributed by atoms with Gasteiger partial charge in [0.2, 0.25) is 0 Å². The van der Waals surface area contributed by atoms with E-state index in [4.69, 9.17) is 11.6 Å². The molecule has 1 heterocycles. The van der Waals surface area contributed by atoms with Gasteiger partial charge in [0.25, 0.3) is 0 Å². The Bertz CT molecular complexity index is 376. The van der Waals surface area contributed by atoms with E-state index in [0.717, 1.165) is 17.7 Å². The van der Waals surface area contributed by atoms with Gasteiger partial charge in [0.15, 0.2) is 5.78 Å². The normalized spacial score (nSPS) is 21.0. The van der Waals surface area contributed by atoms with Gasteiger partial charge < -0.3 is 5.32 Å². The predicted molar refractivity (Wildman–Crippen MR) is 58.1 cm³/mol. The zero-order valence-electron chi connectivity index (χ0n) is 8.01. The Labute approximate surface area is 88.3 Å². The Balaban J connectivity index is 2.47. The maximum atomic E-state index is 11.7. The summed E-state index contributed by atoms with van der Waals surface area (Å²) < 4.78 is 0. The van der Waals surface area contributed by atoms with Crippen molar-refractivity contribution < 1.29 is 4.79 Å². The molecule has 0 radical (unpaired) electrons. The van der Waals surface area contributed by atoms with Gasteiger partial charge in [-0.05, 0) is 31.5 Å². The van der Waals surface area contributed by atoms with Gasteiger partial charge in [-0.2, -0.15) is 0 Å². The third kappa shape index (κ3) is 1.75. The number of carbonyl (C=O) groups excluding carboxylic acids is 1. The number of hydrogen-bond donors (Lipinski definition) is 1. The fourth-order valence-electron chi connectivity index (χ4n) is 1.69. The van der Waals surface area contributed by atoms with E-state index < -0.39 is 0 Å². The second kappa shape index (κ2) is 3.62. The highest BCUT2D eigenvalue weighted by atomic mass is 35.5. The standard InChI is InChI=1S/C11H12ClNO/c1-7-2-5-11(14)9-6-8(12)3-4-10(9)13-7/h3-4,6-7,13H,2,5H2,1H3. The number of hydrogen-bond acceptors (Lipinski definition) is 2. The molecule has 0 saturated carbocycles. The van der Waals surface area contributed by atoms with E-state index in [2.05, 4.69) is 12.2 Å². The minimum Gasteiger partial charge on any atom is -0.382 e. The molecule has 0 amide bonds. The van der Waals surface area contributed by atoms with Crippen LogP contribution in [-0.4, -0.2) is 11.8 Å². The average Bonchev–Trinajstić information content (AvgIpc) is 2.29. The van der Waals surface area contributed by atoms with E-state index in [9.17, 15) is 4.79 Å². The Kier molecular flexibility index (Phi) is 2.46. The number of rotatable bonds is 0. The number of ketones is 1. The number of nitrogens with one attached hydrogen (secondary N) is 1. The van der Waals surface area contributed by atoms with Gasteiger partial charge in [0, 0.05) is 28.7 Å². The first-order chi connectivity index (χ1) is 6.66. The molecule has 2 rings (SSSR count). The molecule has 14 heavy (non-hydrogen) atoms. The van der Waals surface area contributed by atoms with Gasteiger partial charge in [0.05, 0.1) is 0 Å². The summed E-state index contributed by atoms with van der Waals surface area (Å²) >= 11 is 5.85. The van der Waals surface area contributed by atoms with Crippen LogP contribution in [0.15, 0.2) is 18.2 Å². The average molecular weight is 210 g/mol. The summed E-state index contributed by atoms with van der Waals surface area (Å²) in [6, 6.07) is 5.77. The first-order valence-electron chi connectivity index (χ1n) is 4.76. The third-order valence-corrected chi connectivity index (χ3v) is 2.72. The molecule has 1 aromatic rings. The SMILES string of the molecule is CC1CCC(=O)c2cc(Cl)ccc2N1. The van der Waals surface area contributed by atoms with Crippen LogP contribution in [0.1, 0.15) is 30.1 Å². The van der Waals surface area contributed by atoms with E-state index in [1.165, 1.54) is 0 Å². The Morgan fingerprint density at radius 2 is 2.29 bits per heavy atom. The van der Waals surface area contributed by atoms with Crippen molar-refractivity contribution in [2.45, 2.75) is 25.8 Å². The smallest absolute Gasteiger partial charge is 0.165 e. The highest BCUT2D eigenvalue weighted by molar-refractivity contribution is 6.31. The molecule has 1 atom stereocenters. The molecule has 3 heteroatoms. The van der Waals surface area contributed by atoms with E-state index >= 15 is 0 Å². The number of benzene rings is 1. The molecule has 0 aromatic heterocycles. The maximum Gasteiger partial charge on any atom is 0.165 e. The number of anilines is 1. The second-order valence-corrected chi connectivity index (χ2v) is 4.13. The predicted octanol–water partition coefficient (Wildman–Crippen LogP) is 3.12. The number of carbonyl (C=O) groups is 1. The molecule has 1 aromatic carbocycles. The highest BCUT2D eigenvalue weighted by Crippen LogP contribution is 2.26. The van der Waals surface area contributed by atoms with Crippen LogP contribution in [0.3, 0.4) is 0 Å². The molecule has 0 fully saturated rings. The van der Waals surface area contributed by atoms with Gasteiger partial charge in [-0.15, -0.1) is 0 Å². The lowest BCUT2D eigenvalue weighted by atomic mass is 10.1. The van der Waals surface area contributed by atoms with E-state index in [0.29, 0.717) is 17.5 Å². The van der Waals surface area contributed by atoms with Crippen molar-refractivity contribution in [3.05, 3.63) is 28.8 Å². The zero-order chi connectivity index (χ0) is 10.1. The lowest BCUT2D eigenvalue weighted by molar-refractivity contribution is 0.0982. The number of Topliss-reactive ketones (excluding diaryl/α,β-unsaturated/α-hetero) is 1. The van der Waals surface area contributed by atoms with E-state index in [1.807, 2.05) is 6.07 Å². The number of fused-ring (bicyclic) bond motifs is 1. The minimum atomic E-state index is 0.180. The summed E-state index contributed by atoms with van der Waals surface area (Å²) in [6.45, 7) is 2.08. The van der Waals surface area contributed by atoms with Gasteiger partial charge in [0.1, 0.15) is 0 Å². The molecular weight excluding hydrogens is 198 g/mol. The second-order valence-electron chi connectivity index (χ2n) is 3.70. The van der Waals surface area contributed by atoms with Crippen LogP contribution in [-0.2, 0) is 0 Å². The molecule has 0 bridgehead atoms. The fourth-order valence-corrected chi connectivity index (χ4v) is 1.87.